The Morgan fingerprint density at radius 1 is 1.33 bits per heavy atom. The van der Waals surface area contributed by atoms with Crippen LogP contribution >= 0.6 is 11.3 Å². The van der Waals surface area contributed by atoms with Crippen LogP contribution in [0.5, 0.6) is 0 Å². The fourth-order valence-corrected chi connectivity index (χ4v) is 2.88. The summed E-state index contributed by atoms with van der Waals surface area (Å²) in [6.07, 6.45) is 4.05. The van der Waals surface area contributed by atoms with Gasteiger partial charge in [-0.3, -0.25) is 9.58 Å². The first-order valence-electron chi connectivity index (χ1n) is 6.21. The summed E-state index contributed by atoms with van der Waals surface area (Å²) in [6, 6.07) is 0. The molecule has 0 aliphatic rings. The van der Waals surface area contributed by atoms with Gasteiger partial charge in [0.25, 0.3) is 0 Å². The zero-order chi connectivity index (χ0) is 13.1. The van der Waals surface area contributed by atoms with Crippen LogP contribution in [0, 0.1) is 13.8 Å². The van der Waals surface area contributed by atoms with Gasteiger partial charge in [-0.25, -0.2) is 4.98 Å². The van der Waals surface area contributed by atoms with Crippen molar-refractivity contribution in [3.05, 3.63) is 33.5 Å². The van der Waals surface area contributed by atoms with Crippen LogP contribution in [-0.4, -0.2) is 26.7 Å². The van der Waals surface area contributed by atoms with Gasteiger partial charge in [0.15, 0.2) is 0 Å². The molecule has 0 N–H and O–H groups in total. The Morgan fingerprint density at radius 2 is 2.11 bits per heavy atom. The molecule has 98 valence electrons. The Kier molecular flexibility index (Phi) is 4.14. The van der Waals surface area contributed by atoms with E-state index in [1.807, 2.05) is 10.9 Å². The maximum atomic E-state index is 4.57. The van der Waals surface area contributed by atoms with Crippen LogP contribution in [0.4, 0.5) is 0 Å². The van der Waals surface area contributed by atoms with Crippen LogP contribution in [0.25, 0.3) is 0 Å². The Labute approximate surface area is 112 Å². The molecule has 0 unspecified atom stereocenters. The van der Waals surface area contributed by atoms with Crippen molar-refractivity contribution >= 4 is 11.3 Å². The van der Waals surface area contributed by atoms with Gasteiger partial charge in [-0.05, 0) is 27.8 Å². The summed E-state index contributed by atoms with van der Waals surface area (Å²) in [6.45, 7) is 9.03. The molecule has 2 aromatic rings. The molecule has 18 heavy (non-hydrogen) atoms. The van der Waals surface area contributed by atoms with Gasteiger partial charge in [-0.15, -0.1) is 11.3 Å². The van der Waals surface area contributed by atoms with Crippen LogP contribution in [-0.2, 0) is 19.6 Å². The second kappa shape index (κ2) is 5.63. The summed E-state index contributed by atoms with van der Waals surface area (Å²) < 4.78 is 1.96. The van der Waals surface area contributed by atoms with E-state index < -0.39 is 0 Å². The maximum Gasteiger partial charge on any atom is 0.107 e. The molecule has 0 atom stereocenters. The van der Waals surface area contributed by atoms with Gasteiger partial charge in [0.05, 0.1) is 18.4 Å². The van der Waals surface area contributed by atoms with Crippen molar-refractivity contribution < 1.29 is 0 Å². The van der Waals surface area contributed by atoms with Crippen LogP contribution in [0.15, 0.2) is 12.4 Å². The van der Waals surface area contributed by atoms with Gasteiger partial charge in [-0.2, -0.15) is 5.10 Å². The molecule has 0 spiro atoms. The normalized spacial score (nSPS) is 11.4. The molecule has 0 radical (unpaired) electrons. The van der Waals surface area contributed by atoms with Gasteiger partial charge in [0, 0.05) is 29.7 Å². The van der Waals surface area contributed by atoms with Gasteiger partial charge in [0.2, 0.25) is 0 Å². The number of aryl methyl sites for hydroxylation is 3. The van der Waals surface area contributed by atoms with Gasteiger partial charge in [0.1, 0.15) is 5.01 Å². The fraction of sp³-hybridized carbons (Fsp3) is 0.538. The molecule has 0 aliphatic carbocycles. The zero-order valence-electron chi connectivity index (χ0n) is 11.5. The molecule has 2 rings (SSSR count). The minimum Gasteiger partial charge on any atom is -0.295 e. The summed E-state index contributed by atoms with van der Waals surface area (Å²) in [5, 5.41) is 5.48. The molecule has 2 aromatic heterocycles. The first-order valence-corrected chi connectivity index (χ1v) is 7.03. The van der Waals surface area contributed by atoms with Crippen LogP contribution in [0.3, 0.4) is 0 Å². The second-order valence-electron chi connectivity index (χ2n) is 4.63. The van der Waals surface area contributed by atoms with Crippen molar-refractivity contribution in [2.45, 2.75) is 40.4 Å². The number of thiazole rings is 1. The minimum atomic E-state index is 0.899. The lowest BCUT2D eigenvalue weighted by atomic mass is 10.3. The number of hydrogen-bond acceptors (Lipinski definition) is 4. The predicted octanol–water partition coefficient (Wildman–Crippen LogP) is 2.61. The lowest BCUT2D eigenvalue weighted by molar-refractivity contribution is 0.318. The van der Waals surface area contributed by atoms with Crippen LogP contribution < -0.4 is 0 Å². The van der Waals surface area contributed by atoms with E-state index in [1.54, 1.807) is 11.3 Å². The average Bonchev–Trinajstić information content (AvgIpc) is 2.87. The van der Waals surface area contributed by atoms with E-state index in [4.69, 9.17) is 0 Å². The van der Waals surface area contributed by atoms with E-state index in [9.17, 15) is 0 Å². The van der Waals surface area contributed by atoms with E-state index in [-0.39, 0.29) is 0 Å². The molecular weight excluding hydrogens is 244 g/mol. The molecular formula is C13H20N4S. The highest BCUT2D eigenvalue weighted by Crippen LogP contribution is 2.18. The Morgan fingerprint density at radius 3 is 2.67 bits per heavy atom. The highest BCUT2D eigenvalue weighted by atomic mass is 32.1. The van der Waals surface area contributed by atoms with Crippen molar-refractivity contribution in [3.63, 3.8) is 0 Å². The quantitative estimate of drug-likeness (QED) is 0.832. The molecule has 0 aromatic carbocycles. The summed E-state index contributed by atoms with van der Waals surface area (Å²) >= 11 is 1.79. The van der Waals surface area contributed by atoms with E-state index in [0.717, 1.165) is 25.3 Å². The molecule has 4 nitrogen and oxygen atoms in total. The highest BCUT2D eigenvalue weighted by molar-refractivity contribution is 7.11. The first kappa shape index (κ1) is 13.2. The number of hydrogen-bond donors (Lipinski definition) is 0. The standard InChI is InChI=1S/C13H20N4S/c1-5-17-8-12(6-14-17)7-16(4)9-13-15-10(2)11(3)18-13/h6,8H,5,7,9H2,1-4H3. The second-order valence-corrected chi connectivity index (χ2v) is 5.91. The SMILES string of the molecule is CCn1cc(CN(C)Cc2nc(C)c(C)s2)cn1. The van der Waals surface area contributed by atoms with Crippen LogP contribution in [0.1, 0.15) is 28.1 Å². The van der Waals surface area contributed by atoms with Gasteiger partial charge < -0.3 is 0 Å². The fourth-order valence-electron chi connectivity index (χ4n) is 1.87. The number of nitrogens with zero attached hydrogens (tertiary/aromatic N) is 4. The molecule has 0 aliphatic heterocycles. The Bertz CT molecular complexity index is 495. The van der Waals surface area contributed by atoms with Gasteiger partial charge in [-0.1, -0.05) is 0 Å². The predicted molar refractivity (Wildman–Crippen MR) is 74.7 cm³/mol. The monoisotopic (exact) mass is 264 g/mol. The molecule has 0 saturated heterocycles. The summed E-state index contributed by atoms with van der Waals surface area (Å²) in [5.74, 6) is 0. The van der Waals surface area contributed by atoms with Crippen molar-refractivity contribution in [1.29, 1.82) is 0 Å². The first-order chi connectivity index (χ1) is 8.58. The van der Waals surface area contributed by atoms with E-state index in [0.29, 0.717) is 0 Å². The molecule has 5 heteroatoms. The largest absolute Gasteiger partial charge is 0.295 e. The molecule has 2 heterocycles. The Hall–Kier alpha value is -1.20. The van der Waals surface area contributed by atoms with E-state index >= 15 is 0 Å². The van der Waals surface area contributed by atoms with E-state index in [1.165, 1.54) is 15.4 Å². The third kappa shape index (κ3) is 3.17. The van der Waals surface area contributed by atoms with Crippen molar-refractivity contribution in [2.24, 2.45) is 0 Å². The molecule has 0 amide bonds. The van der Waals surface area contributed by atoms with E-state index in [2.05, 4.69) is 49.0 Å². The Balaban J connectivity index is 1.93. The minimum absolute atomic E-state index is 0.899. The lowest BCUT2D eigenvalue weighted by Gasteiger charge is -2.13. The number of rotatable bonds is 5. The summed E-state index contributed by atoms with van der Waals surface area (Å²) in [7, 11) is 2.12. The summed E-state index contributed by atoms with van der Waals surface area (Å²) in [4.78, 5) is 8.16. The third-order valence-corrected chi connectivity index (χ3v) is 4.00. The summed E-state index contributed by atoms with van der Waals surface area (Å²) in [5.41, 5.74) is 2.41. The topological polar surface area (TPSA) is 34.0 Å². The highest BCUT2D eigenvalue weighted by Gasteiger charge is 2.08. The smallest absolute Gasteiger partial charge is 0.107 e. The lowest BCUT2D eigenvalue weighted by Crippen LogP contribution is -2.16. The third-order valence-electron chi connectivity index (χ3n) is 2.94. The van der Waals surface area contributed by atoms with Crippen molar-refractivity contribution in [3.8, 4) is 0 Å². The molecule has 0 fully saturated rings. The average molecular weight is 264 g/mol. The zero-order valence-corrected chi connectivity index (χ0v) is 12.3. The van der Waals surface area contributed by atoms with Gasteiger partial charge >= 0.3 is 0 Å². The van der Waals surface area contributed by atoms with Crippen molar-refractivity contribution in [2.75, 3.05) is 7.05 Å². The number of aromatic nitrogens is 3. The maximum absolute atomic E-state index is 4.57. The van der Waals surface area contributed by atoms with Crippen LogP contribution in [0.2, 0.25) is 0 Å². The molecule has 0 bridgehead atoms. The molecule has 0 saturated carbocycles. The van der Waals surface area contributed by atoms with Crippen molar-refractivity contribution in [1.82, 2.24) is 19.7 Å².